The zero-order valence-corrected chi connectivity index (χ0v) is 14.6. The van der Waals surface area contributed by atoms with Crippen LogP contribution < -0.4 is 0 Å². The Balaban J connectivity index is 2.06. The maximum atomic E-state index is 6.43. The molecule has 1 aromatic carbocycles. The van der Waals surface area contributed by atoms with Crippen LogP contribution in [0.25, 0.3) is 11.0 Å². The first-order valence-corrected chi connectivity index (χ1v) is 8.41. The fraction of sp³-hybridized carbons (Fsp3) is 0.588. The second kappa shape index (κ2) is 4.89. The topological polar surface area (TPSA) is 17.8 Å². The highest BCUT2D eigenvalue weighted by molar-refractivity contribution is 6.35. The Morgan fingerprint density at radius 2 is 1.86 bits per heavy atom. The fourth-order valence-electron chi connectivity index (χ4n) is 3.63. The van der Waals surface area contributed by atoms with Gasteiger partial charge in [0, 0.05) is 18.8 Å². The van der Waals surface area contributed by atoms with Crippen molar-refractivity contribution in [1.82, 2.24) is 9.55 Å². The van der Waals surface area contributed by atoms with Gasteiger partial charge in [-0.1, -0.05) is 45.4 Å². The number of aryl methyl sites for hydroxylation is 1. The van der Waals surface area contributed by atoms with Crippen LogP contribution in [0.2, 0.25) is 5.02 Å². The zero-order valence-electron chi connectivity index (χ0n) is 13.1. The molecule has 0 radical (unpaired) electrons. The van der Waals surface area contributed by atoms with Crippen LogP contribution >= 0.6 is 23.2 Å². The summed E-state index contributed by atoms with van der Waals surface area (Å²) in [5.74, 6) is 2.26. The summed E-state index contributed by atoms with van der Waals surface area (Å²) in [6.07, 6.45) is 0.778. The predicted molar refractivity (Wildman–Crippen MR) is 90.2 cm³/mol. The van der Waals surface area contributed by atoms with Gasteiger partial charge in [0.05, 0.1) is 16.1 Å². The number of aromatic nitrogens is 2. The summed E-state index contributed by atoms with van der Waals surface area (Å²) in [7, 11) is 0. The highest BCUT2D eigenvalue weighted by atomic mass is 35.5. The van der Waals surface area contributed by atoms with E-state index in [9.17, 15) is 0 Å². The average Bonchev–Trinajstić information content (AvgIpc) is 2.71. The molecular weight excluding hydrogens is 303 g/mol. The van der Waals surface area contributed by atoms with E-state index >= 15 is 0 Å². The van der Waals surface area contributed by atoms with Gasteiger partial charge in [-0.15, -0.1) is 11.6 Å². The van der Waals surface area contributed by atoms with Crippen LogP contribution in [0.4, 0.5) is 0 Å². The third-order valence-corrected chi connectivity index (χ3v) is 6.29. The Labute approximate surface area is 136 Å². The molecule has 0 N–H and O–H groups in total. The normalized spacial score (nSPS) is 20.1. The van der Waals surface area contributed by atoms with Gasteiger partial charge < -0.3 is 4.57 Å². The van der Waals surface area contributed by atoms with Crippen LogP contribution in [-0.2, 0) is 13.0 Å². The van der Waals surface area contributed by atoms with Gasteiger partial charge in [0.25, 0.3) is 0 Å². The Morgan fingerprint density at radius 1 is 1.19 bits per heavy atom. The molecule has 0 spiro atoms. The van der Waals surface area contributed by atoms with Crippen LogP contribution in [-0.4, -0.2) is 15.4 Å². The van der Waals surface area contributed by atoms with Crippen LogP contribution in [0, 0.1) is 16.7 Å². The molecule has 4 heteroatoms. The molecule has 1 aliphatic rings. The van der Waals surface area contributed by atoms with Crippen molar-refractivity contribution in [2.45, 2.75) is 40.7 Å². The van der Waals surface area contributed by atoms with Gasteiger partial charge >= 0.3 is 0 Å². The Kier molecular flexibility index (Phi) is 3.53. The van der Waals surface area contributed by atoms with Crippen molar-refractivity contribution in [3.8, 4) is 0 Å². The summed E-state index contributed by atoms with van der Waals surface area (Å²) in [6, 6.07) is 5.92. The largest absolute Gasteiger partial charge is 0.326 e. The first-order valence-electron chi connectivity index (χ1n) is 7.50. The first kappa shape index (κ1) is 15.2. The van der Waals surface area contributed by atoms with Gasteiger partial charge in [0.1, 0.15) is 5.82 Å². The van der Waals surface area contributed by atoms with E-state index in [-0.39, 0.29) is 0 Å². The lowest BCUT2D eigenvalue weighted by atomic mass is 10.0. The van der Waals surface area contributed by atoms with E-state index in [4.69, 9.17) is 28.2 Å². The smallest absolute Gasteiger partial charge is 0.111 e. The van der Waals surface area contributed by atoms with Crippen molar-refractivity contribution in [2.75, 3.05) is 5.88 Å². The van der Waals surface area contributed by atoms with Gasteiger partial charge in [-0.3, -0.25) is 0 Å². The van der Waals surface area contributed by atoms with E-state index in [0.29, 0.717) is 22.6 Å². The second-order valence-electron chi connectivity index (χ2n) is 7.18. The molecule has 1 heterocycles. The summed E-state index contributed by atoms with van der Waals surface area (Å²) in [5.41, 5.74) is 2.73. The summed E-state index contributed by atoms with van der Waals surface area (Å²) in [4.78, 5) is 4.73. The number of fused-ring (bicyclic) bond motifs is 1. The Hall–Kier alpha value is -0.730. The van der Waals surface area contributed by atoms with Gasteiger partial charge in [-0.25, -0.2) is 4.98 Å². The van der Waals surface area contributed by atoms with Crippen molar-refractivity contribution >= 4 is 34.2 Å². The van der Waals surface area contributed by atoms with Gasteiger partial charge in [-0.2, -0.15) is 0 Å². The number of benzene rings is 1. The highest BCUT2D eigenvalue weighted by Gasteiger charge is 2.64. The summed E-state index contributed by atoms with van der Waals surface area (Å²) in [5, 5.41) is 0.775. The minimum Gasteiger partial charge on any atom is -0.326 e. The summed E-state index contributed by atoms with van der Waals surface area (Å²) < 4.78 is 2.29. The molecule has 0 atom stereocenters. The maximum Gasteiger partial charge on any atom is 0.111 e. The predicted octanol–water partition coefficient (Wildman–Crippen LogP) is 5.15. The number of para-hydroxylation sites is 1. The molecule has 2 nitrogen and oxygen atoms in total. The van der Waals surface area contributed by atoms with Gasteiger partial charge in [0.2, 0.25) is 0 Å². The molecule has 1 fully saturated rings. The Morgan fingerprint density at radius 3 is 2.43 bits per heavy atom. The molecule has 0 amide bonds. The van der Waals surface area contributed by atoms with Crippen molar-refractivity contribution in [3.05, 3.63) is 29.0 Å². The molecule has 1 aliphatic carbocycles. The summed E-state index contributed by atoms with van der Waals surface area (Å²) >= 11 is 12.4. The van der Waals surface area contributed by atoms with E-state index in [2.05, 4.69) is 32.3 Å². The number of rotatable bonds is 4. The Bertz CT molecular complexity index is 671. The van der Waals surface area contributed by atoms with Crippen LogP contribution in [0.1, 0.15) is 33.5 Å². The van der Waals surface area contributed by atoms with Crippen LogP contribution in [0.15, 0.2) is 18.2 Å². The van der Waals surface area contributed by atoms with E-state index in [1.54, 1.807) is 0 Å². The van der Waals surface area contributed by atoms with E-state index in [1.807, 2.05) is 18.2 Å². The number of nitrogens with zero attached hydrogens (tertiary/aromatic N) is 2. The van der Waals surface area contributed by atoms with Crippen molar-refractivity contribution in [2.24, 2.45) is 16.7 Å². The molecule has 0 saturated heterocycles. The number of hydrogen-bond donors (Lipinski definition) is 0. The SMILES string of the molecule is CC1(C)C(Cn2c(CCCl)nc3cccc(Cl)c32)C1(C)C. The van der Waals surface area contributed by atoms with E-state index < -0.39 is 0 Å². The molecule has 3 rings (SSSR count). The van der Waals surface area contributed by atoms with Crippen LogP contribution in [0.3, 0.4) is 0 Å². The van der Waals surface area contributed by atoms with E-state index in [1.165, 1.54) is 0 Å². The van der Waals surface area contributed by atoms with Crippen molar-refractivity contribution in [1.29, 1.82) is 0 Å². The molecule has 0 bridgehead atoms. The third-order valence-electron chi connectivity index (χ3n) is 5.80. The van der Waals surface area contributed by atoms with Gasteiger partial charge in [0.15, 0.2) is 0 Å². The molecule has 1 saturated carbocycles. The molecule has 114 valence electrons. The molecule has 0 unspecified atom stereocenters. The van der Waals surface area contributed by atoms with Gasteiger partial charge in [-0.05, 0) is 28.9 Å². The minimum absolute atomic E-state index is 0.350. The minimum atomic E-state index is 0.350. The lowest BCUT2D eigenvalue weighted by Gasteiger charge is -2.11. The molecule has 2 aromatic rings. The summed E-state index contributed by atoms with van der Waals surface area (Å²) in [6.45, 7) is 10.4. The van der Waals surface area contributed by atoms with Crippen molar-refractivity contribution < 1.29 is 0 Å². The lowest BCUT2D eigenvalue weighted by molar-refractivity contribution is 0.457. The number of imidazole rings is 1. The molecule has 1 aromatic heterocycles. The van der Waals surface area contributed by atoms with Crippen LogP contribution in [0.5, 0.6) is 0 Å². The third kappa shape index (κ3) is 2.19. The number of hydrogen-bond acceptors (Lipinski definition) is 1. The maximum absolute atomic E-state index is 6.43. The zero-order chi connectivity index (χ0) is 15.4. The lowest BCUT2D eigenvalue weighted by Crippen LogP contribution is -2.09. The second-order valence-corrected chi connectivity index (χ2v) is 7.97. The molecule has 0 aliphatic heterocycles. The average molecular weight is 325 g/mol. The number of halogens is 2. The molecule has 21 heavy (non-hydrogen) atoms. The quantitative estimate of drug-likeness (QED) is 0.711. The highest BCUT2D eigenvalue weighted by Crippen LogP contribution is 2.69. The fourth-order valence-corrected chi connectivity index (χ4v) is 4.07. The number of alkyl halides is 1. The van der Waals surface area contributed by atoms with E-state index in [0.717, 1.165) is 34.8 Å². The monoisotopic (exact) mass is 324 g/mol. The molecular formula is C17H22Cl2N2. The standard InChI is InChI=1S/C17H22Cl2N2/c1-16(2)13(17(16,3)4)10-21-14(8-9-18)20-12-7-5-6-11(19)15(12)21/h5-7,13H,8-10H2,1-4H3. The first-order chi connectivity index (χ1) is 9.80. The van der Waals surface area contributed by atoms with Crippen molar-refractivity contribution in [3.63, 3.8) is 0 Å².